The van der Waals surface area contributed by atoms with E-state index in [2.05, 4.69) is 6.92 Å². The van der Waals surface area contributed by atoms with Crippen LogP contribution in [0.5, 0.6) is 0 Å². The number of carbonyl (C=O) groups is 1. The minimum atomic E-state index is 0.218. The van der Waals surface area contributed by atoms with Crippen molar-refractivity contribution in [2.24, 2.45) is 11.7 Å². The van der Waals surface area contributed by atoms with Crippen molar-refractivity contribution >= 4 is 5.78 Å². The second-order valence-corrected chi connectivity index (χ2v) is 4.17. The molecular formula is C13H19NO. The Hall–Kier alpha value is -1.15. The number of rotatable bonds is 5. The zero-order valence-electron chi connectivity index (χ0n) is 9.49. The van der Waals surface area contributed by atoms with Gasteiger partial charge in [-0.1, -0.05) is 36.8 Å². The summed E-state index contributed by atoms with van der Waals surface area (Å²) in [6.45, 7) is 4.74. The van der Waals surface area contributed by atoms with Crippen molar-refractivity contribution in [1.29, 1.82) is 0 Å². The van der Waals surface area contributed by atoms with E-state index in [-0.39, 0.29) is 5.78 Å². The molecule has 0 amide bonds. The molecule has 0 aromatic heterocycles. The van der Waals surface area contributed by atoms with E-state index in [1.807, 2.05) is 31.2 Å². The topological polar surface area (TPSA) is 43.1 Å². The first-order valence-electron chi connectivity index (χ1n) is 5.43. The molecule has 1 aromatic rings. The largest absolute Gasteiger partial charge is 0.330 e. The van der Waals surface area contributed by atoms with Crippen LogP contribution in [-0.2, 0) is 0 Å². The number of carbonyl (C=O) groups excluding carboxylic acids is 1. The van der Waals surface area contributed by atoms with Crippen LogP contribution in [0.25, 0.3) is 0 Å². The summed E-state index contributed by atoms with van der Waals surface area (Å²) in [5.74, 6) is 0.648. The van der Waals surface area contributed by atoms with Gasteiger partial charge in [-0.2, -0.15) is 0 Å². The van der Waals surface area contributed by atoms with Crippen molar-refractivity contribution in [3.63, 3.8) is 0 Å². The van der Waals surface area contributed by atoms with Crippen LogP contribution in [0.4, 0.5) is 0 Å². The summed E-state index contributed by atoms with van der Waals surface area (Å²) in [4.78, 5) is 11.7. The Labute approximate surface area is 91.5 Å². The molecule has 1 atom stereocenters. The molecule has 15 heavy (non-hydrogen) atoms. The summed E-state index contributed by atoms with van der Waals surface area (Å²) in [6, 6.07) is 7.73. The Morgan fingerprint density at radius 3 is 2.47 bits per heavy atom. The monoisotopic (exact) mass is 205 g/mol. The number of benzene rings is 1. The van der Waals surface area contributed by atoms with E-state index >= 15 is 0 Å². The van der Waals surface area contributed by atoms with Crippen LogP contribution in [0.3, 0.4) is 0 Å². The van der Waals surface area contributed by atoms with Crippen LogP contribution < -0.4 is 5.73 Å². The summed E-state index contributed by atoms with van der Waals surface area (Å²) in [6.07, 6.45) is 1.48. The number of nitrogens with two attached hydrogens (primary N) is 1. The Bertz CT molecular complexity index is 316. The van der Waals surface area contributed by atoms with Gasteiger partial charge in [-0.05, 0) is 25.8 Å². The van der Waals surface area contributed by atoms with Crippen LogP contribution >= 0.6 is 0 Å². The van der Waals surface area contributed by atoms with E-state index in [9.17, 15) is 4.79 Å². The van der Waals surface area contributed by atoms with Gasteiger partial charge >= 0.3 is 0 Å². The molecule has 0 radical (unpaired) electrons. The van der Waals surface area contributed by atoms with Gasteiger partial charge in [0.1, 0.15) is 0 Å². The molecule has 0 aliphatic carbocycles. The first-order chi connectivity index (χ1) is 7.13. The lowest BCUT2D eigenvalue weighted by atomic mass is 10.00. The number of aryl methyl sites for hydroxylation is 1. The lowest BCUT2D eigenvalue weighted by Crippen LogP contribution is -2.12. The first-order valence-corrected chi connectivity index (χ1v) is 5.43. The molecule has 2 heteroatoms. The smallest absolute Gasteiger partial charge is 0.162 e. The molecular weight excluding hydrogens is 186 g/mol. The summed E-state index contributed by atoms with van der Waals surface area (Å²) < 4.78 is 0. The summed E-state index contributed by atoms with van der Waals surface area (Å²) in [5.41, 5.74) is 7.50. The SMILES string of the molecule is Cc1ccc(C(=O)CCC(C)CN)cc1. The molecule has 0 fully saturated rings. The van der Waals surface area contributed by atoms with E-state index in [0.29, 0.717) is 18.9 Å². The third-order valence-corrected chi connectivity index (χ3v) is 2.64. The van der Waals surface area contributed by atoms with Gasteiger partial charge in [0.05, 0.1) is 0 Å². The Balaban J connectivity index is 2.50. The van der Waals surface area contributed by atoms with Crippen LogP contribution in [0.15, 0.2) is 24.3 Å². The minimum absolute atomic E-state index is 0.218. The fourth-order valence-corrected chi connectivity index (χ4v) is 1.38. The molecule has 0 bridgehead atoms. The van der Waals surface area contributed by atoms with Gasteiger partial charge in [0.25, 0.3) is 0 Å². The Morgan fingerprint density at radius 1 is 1.33 bits per heavy atom. The van der Waals surface area contributed by atoms with Crippen molar-refractivity contribution in [2.75, 3.05) is 6.54 Å². The standard InChI is InChI=1S/C13H19NO/c1-10-3-6-12(7-4-10)13(15)8-5-11(2)9-14/h3-4,6-7,11H,5,8-9,14H2,1-2H3. The van der Waals surface area contributed by atoms with Crippen molar-refractivity contribution in [2.45, 2.75) is 26.7 Å². The molecule has 0 aliphatic rings. The first kappa shape index (κ1) is 11.9. The van der Waals surface area contributed by atoms with E-state index < -0.39 is 0 Å². The normalized spacial score (nSPS) is 12.5. The predicted octanol–water partition coefficient (Wildman–Crippen LogP) is 2.55. The van der Waals surface area contributed by atoms with E-state index in [1.54, 1.807) is 0 Å². The second kappa shape index (κ2) is 5.66. The molecule has 0 saturated carbocycles. The zero-order chi connectivity index (χ0) is 11.3. The molecule has 0 aliphatic heterocycles. The average molecular weight is 205 g/mol. The van der Waals surface area contributed by atoms with E-state index in [1.165, 1.54) is 5.56 Å². The third kappa shape index (κ3) is 3.84. The number of Topliss-reactive ketones (excluding diaryl/α,β-unsaturated/α-hetero) is 1. The van der Waals surface area contributed by atoms with Gasteiger partial charge in [-0.15, -0.1) is 0 Å². The summed E-state index contributed by atoms with van der Waals surface area (Å²) in [5, 5.41) is 0. The molecule has 0 spiro atoms. The minimum Gasteiger partial charge on any atom is -0.330 e. The zero-order valence-corrected chi connectivity index (χ0v) is 9.49. The molecule has 2 N–H and O–H groups in total. The average Bonchev–Trinajstić information content (AvgIpc) is 2.26. The van der Waals surface area contributed by atoms with Gasteiger partial charge in [-0.25, -0.2) is 0 Å². The van der Waals surface area contributed by atoms with Gasteiger partial charge < -0.3 is 5.73 Å². The van der Waals surface area contributed by atoms with Crippen molar-refractivity contribution in [3.05, 3.63) is 35.4 Å². The summed E-state index contributed by atoms with van der Waals surface area (Å²) in [7, 11) is 0. The lowest BCUT2D eigenvalue weighted by Gasteiger charge is -2.07. The van der Waals surface area contributed by atoms with Gasteiger partial charge in [0.2, 0.25) is 0 Å². The quantitative estimate of drug-likeness (QED) is 0.751. The predicted molar refractivity (Wildman–Crippen MR) is 63.0 cm³/mol. The van der Waals surface area contributed by atoms with Gasteiger partial charge in [0, 0.05) is 12.0 Å². The maximum absolute atomic E-state index is 11.7. The molecule has 1 unspecified atom stereocenters. The number of ketones is 1. The van der Waals surface area contributed by atoms with Crippen LogP contribution in [-0.4, -0.2) is 12.3 Å². The van der Waals surface area contributed by atoms with E-state index in [0.717, 1.165) is 12.0 Å². The van der Waals surface area contributed by atoms with E-state index in [4.69, 9.17) is 5.73 Å². The molecule has 0 heterocycles. The van der Waals surface area contributed by atoms with Crippen molar-refractivity contribution in [1.82, 2.24) is 0 Å². The maximum atomic E-state index is 11.7. The second-order valence-electron chi connectivity index (χ2n) is 4.17. The molecule has 82 valence electrons. The molecule has 0 saturated heterocycles. The fourth-order valence-electron chi connectivity index (χ4n) is 1.38. The fraction of sp³-hybridized carbons (Fsp3) is 0.462. The summed E-state index contributed by atoms with van der Waals surface area (Å²) >= 11 is 0. The molecule has 1 aromatic carbocycles. The highest BCUT2D eigenvalue weighted by Crippen LogP contribution is 2.10. The highest BCUT2D eigenvalue weighted by Gasteiger charge is 2.07. The van der Waals surface area contributed by atoms with Crippen molar-refractivity contribution < 1.29 is 4.79 Å². The highest BCUT2D eigenvalue weighted by molar-refractivity contribution is 5.96. The third-order valence-electron chi connectivity index (χ3n) is 2.64. The Kier molecular flexibility index (Phi) is 4.50. The van der Waals surface area contributed by atoms with Gasteiger partial charge in [-0.3, -0.25) is 4.79 Å². The van der Waals surface area contributed by atoms with Crippen molar-refractivity contribution in [3.8, 4) is 0 Å². The highest BCUT2D eigenvalue weighted by atomic mass is 16.1. The lowest BCUT2D eigenvalue weighted by molar-refractivity contribution is 0.0975. The maximum Gasteiger partial charge on any atom is 0.162 e. The number of hydrogen-bond donors (Lipinski definition) is 1. The van der Waals surface area contributed by atoms with Crippen LogP contribution in [0.1, 0.15) is 35.7 Å². The number of hydrogen-bond acceptors (Lipinski definition) is 2. The molecule has 1 rings (SSSR count). The van der Waals surface area contributed by atoms with Gasteiger partial charge in [0.15, 0.2) is 5.78 Å². The van der Waals surface area contributed by atoms with Crippen LogP contribution in [0, 0.1) is 12.8 Å². The Morgan fingerprint density at radius 2 is 1.93 bits per heavy atom. The molecule has 2 nitrogen and oxygen atoms in total. The van der Waals surface area contributed by atoms with Crippen LogP contribution in [0.2, 0.25) is 0 Å².